The number of aromatic nitrogens is 1. The molecule has 1 heteroatoms. The molecule has 2 aromatic rings. The Labute approximate surface area is 90.4 Å². The molecule has 0 unspecified atom stereocenters. The van der Waals surface area contributed by atoms with E-state index >= 15 is 0 Å². The standard InChI is InChI=1S/C14H16N/c1-15-10-13(11-6-4-7-11)9-12-5-2-3-8-14(12)15/h2-3,5,8-11H,4,6-7H2,1H3/q+1. The van der Waals surface area contributed by atoms with E-state index in [1.54, 1.807) is 0 Å². The minimum absolute atomic E-state index is 0.820. The van der Waals surface area contributed by atoms with E-state index in [9.17, 15) is 0 Å². The van der Waals surface area contributed by atoms with E-state index in [1.165, 1.54) is 35.7 Å². The summed E-state index contributed by atoms with van der Waals surface area (Å²) in [7, 11) is 2.14. The van der Waals surface area contributed by atoms with Gasteiger partial charge < -0.3 is 0 Å². The highest BCUT2D eigenvalue weighted by atomic mass is 14.9. The fourth-order valence-electron chi connectivity index (χ4n) is 2.41. The summed E-state index contributed by atoms with van der Waals surface area (Å²) in [6.07, 6.45) is 6.45. The molecule has 3 rings (SSSR count). The number of para-hydroxylation sites is 1. The van der Waals surface area contributed by atoms with Crippen LogP contribution < -0.4 is 4.57 Å². The fourth-order valence-corrected chi connectivity index (χ4v) is 2.41. The maximum Gasteiger partial charge on any atom is 0.212 e. The van der Waals surface area contributed by atoms with Crippen molar-refractivity contribution in [3.63, 3.8) is 0 Å². The van der Waals surface area contributed by atoms with Crippen molar-refractivity contribution in [1.29, 1.82) is 0 Å². The molecule has 0 saturated heterocycles. The second kappa shape index (κ2) is 3.34. The van der Waals surface area contributed by atoms with Crippen LogP contribution in [0.4, 0.5) is 0 Å². The Morgan fingerprint density at radius 1 is 1.20 bits per heavy atom. The van der Waals surface area contributed by atoms with Gasteiger partial charge in [-0.2, -0.15) is 0 Å². The van der Waals surface area contributed by atoms with Crippen molar-refractivity contribution in [2.45, 2.75) is 25.2 Å². The van der Waals surface area contributed by atoms with Gasteiger partial charge in [0.25, 0.3) is 0 Å². The molecule has 1 aromatic carbocycles. The third kappa shape index (κ3) is 1.43. The monoisotopic (exact) mass is 198 g/mol. The maximum atomic E-state index is 2.36. The van der Waals surface area contributed by atoms with Gasteiger partial charge in [-0.1, -0.05) is 18.6 Å². The molecule has 15 heavy (non-hydrogen) atoms. The van der Waals surface area contributed by atoms with E-state index in [4.69, 9.17) is 0 Å². The summed E-state index contributed by atoms with van der Waals surface area (Å²) in [5.74, 6) is 0.820. The maximum absolute atomic E-state index is 2.36. The Kier molecular flexibility index (Phi) is 1.98. The van der Waals surface area contributed by atoms with Crippen LogP contribution in [0.5, 0.6) is 0 Å². The first-order valence-corrected chi connectivity index (χ1v) is 5.73. The SMILES string of the molecule is C[n+]1cc(C2CCC2)cc2ccccc21. The Morgan fingerprint density at radius 2 is 2.00 bits per heavy atom. The van der Waals surface area contributed by atoms with Crippen molar-refractivity contribution in [2.24, 2.45) is 7.05 Å². The number of pyridine rings is 1. The lowest BCUT2D eigenvalue weighted by Gasteiger charge is -2.24. The van der Waals surface area contributed by atoms with Crippen LogP contribution in [0.3, 0.4) is 0 Å². The molecule has 1 nitrogen and oxygen atoms in total. The molecule has 0 N–H and O–H groups in total. The first-order valence-electron chi connectivity index (χ1n) is 5.73. The Bertz CT molecular complexity index is 498. The van der Waals surface area contributed by atoms with E-state index < -0.39 is 0 Å². The van der Waals surface area contributed by atoms with E-state index in [1.807, 2.05) is 0 Å². The van der Waals surface area contributed by atoms with Gasteiger partial charge in [-0.3, -0.25) is 0 Å². The van der Waals surface area contributed by atoms with Crippen molar-refractivity contribution in [1.82, 2.24) is 0 Å². The highest BCUT2D eigenvalue weighted by Gasteiger charge is 2.22. The molecule has 0 spiro atoms. The van der Waals surface area contributed by atoms with Crippen LogP contribution in [0.15, 0.2) is 36.5 Å². The lowest BCUT2D eigenvalue weighted by molar-refractivity contribution is -0.645. The zero-order valence-electron chi connectivity index (χ0n) is 9.11. The zero-order valence-corrected chi connectivity index (χ0v) is 9.11. The molecule has 1 saturated carbocycles. The van der Waals surface area contributed by atoms with Crippen molar-refractivity contribution in [3.05, 3.63) is 42.1 Å². The number of nitrogens with zero attached hydrogens (tertiary/aromatic N) is 1. The Balaban J connectivity index is 2.18. The topological polar surface area (TPSA) is 3.88 Å². The van der Waals surface area contributed by atoms with Crippen LogP contribution >= 0.6 is 0 Å². The molecule has 0 atom stereocenters. The fraction of sp³-hybridized carbons (Fsp3) is 0.357. The molecule has 0 bridgehead atoms. The number of fused-ring (bicyclic) bond motifs is 1. The molecule has 1 aliphatic carbocycles. The lowest BCUT2D eigenvalue weighted by Crippen LogP contribution is -2.30. The third-order valence-electron chi connectivity index (χ3n) is 3.56. The summed E-state index contributed by atoms with van der Waals surface area (Å²) in [6.45, 7) is 0. The quantitative estimate of drug-likeness (QED) is 0.620. The summed E-state index contributed by atoms with van der Waals surface area (Å²) in [5.41, 5.74) is 2.84. The predicted molar refractivity (Wildman–Crippen MR) is 61.7 cm³/mol. The van der Waals surface area contributed by atoms with Gasteiger partial charge in [0.1, 0.15) is 7.05 Å². The molecule has 0 radical (unpaired) electrons. The van der Waals surface area contributed by atoms with E-state index in [0.717, 1.165) is 5.92 Å². The van der Waals surface area contributed by atoms with Gasteiger partial charge in [0, 0.05) is 17.0 Å². The second-order valence-electron chi connectivity index (χ2n) is 4.57. The number of aryl methyl sites for hydroxylation is 1. The van der Waals surface area contributed by atoms with Gasteiger partial charge in [0.05, 0.1) is 0 Å². The highest BCUT2D eigenvalue weighted by Crippen LogP contribution is 2.36. The van der Waals surface area contributed by atoms with Crippen LogP contribution in [0, 0.1) is 0 Å². The minimum atomic E-state index is 0.820. The summed E-state index contributed by atoms with van der Waals surface area (Å²) in [6, 6.07) is 11.0. The Morgan fingerprint density at radius 3 is 2.73 bits per heavy atom. The average molecular weight is 198 g/mol. The molecule has 1 aliphatic rings. The minimum Gasteiger partial charge on any atom is -0.201 e. The summed E-state index contributed by atoms with van der Waals surface area (Å²) < 4.78 is 2.25. The Hall–Kier alpha value is -1.37. The van der Waals surface area contributed by atoms with Crippen molar-refractivity contribution >= 4 is 10.9 Å². The van der Waals surface area contributed by atoms with Gasteiger partial charge in [-0.15, -0.1) is 0 Å². The molecule has 1 aromatic heterocycles. The highest BCUT2D eigenvalue weighted by molar-refractivity contribution is 5.75. The van der Waals surface area contributed by atoms with Crippen LogP contribution in [-0.2, 0) is 7.05 Å². The number of hydrogen-bond acceptors (Lipinski definition) is 0. The normalized spacial score (nSPS) is 16.6. The van der Waals surface area contributed by atoms with Gasteiger partial charge >= 0.3 is 0 Å². The van der Waals surface area contributed by atoms with Crippen molar-refractivity contribution in [2.75, 3.05) is 0 Å². The molecular formula is C14H16N+. The van der Waals surface area contributed by atoms with Crippen molar-refractivity contribution < 1.29 is 4.57 Å². The summed E-state index contributed by atoms with van der Waals surface area (Å²) in [4.78, 5) is 0. The summed E-state index contributed by atoms with van der Waals surface area (Å²) >= 11 is 0. The van der Waals surface area contributed by atoms with Crippen LogP contribution in [-0.4, -0.2) is 0 Å². The second-order valence-corrected chi connectivity index (χ2v) is 4.57. The van der Waals surface area contributed by atoms with Gasteiger partial charge in [-0.25, -0.2) is 4.57 Å². The molecule has 1 heterocycles. The molecule has 0 aliphatic heterocycles. The van der Waals surface area contributed by atoms with Gasteiger partial charge in [0.15, 0.2) is 6.20 Å². The van der Waals surface area contributed by atoms with E-state index in [2.05, 4.69) is 48.1 Å². The van der Waals surface area contributed by atoms with Crippen molar-refractivity contribution in [3.8, 4) is 0 Å². The molecule has 0 amide bonds. The smallest absolute Gasteiger partial charge is 0.201 e. The largest absolute Gasteiger partial charge is 0.212 e. The first kappa shape index (κ1) is 8.90. The number of benzene rings is 1. The molecule has 76 valence electrons. The van der Waals surface area contributed by atoms with Crippen LogP contribution in [0.2, 0.25) is 0 Å². The van der Waals surface area contributed by atoms with Gasteiger partial charge in [0.2, 0.25) is 5.52 Å². The summed E-state index contributed by atoms with van der Waals surface area (Å²) in [5, 5.41) is 1.37. The number of hydrogen-bond donors (Lipinski definition) is 0. The third-order valence-corrected chi connectivity index (χ3v) is 3.56. The first-order chi connectivity index (χ1) is 7.34. The number of rotatable bonds is 1. The predicted octanol–water partition coefficient (Wildman–Crippen LogP) is 2.93. The van der Waals surface area contributed by atoms with Crippen LogP contribution in [0.25, 0.3) is 10.9 Å². The average Bonchev–Trinajstić information content (AvgIpc) is 2.15. The van der Waals surface area contributed by atoms with E-state index in [-0.39, 0.29) is 0 Å². The van der Waals surface area contributed by atoms with Gasteiger partial charge in [-0.05, 0) is 30.9 Å². The molecule has 1 fully saturated rings. The molecular weight excluding hydrogens is 182 g/mol. The lowest BCUT2D eigenvalue weighted by atomic mass is 9.80. The zero-order chi connectivity index (χ0) is 10.3. The van der Waals surface area contributed by atoms with Crippen LogP contribution in [0.1, 0.15) is 30.7 Å². The van der Waals surface area contributed by atoms with E-state index in [0.29, 0.717) is 0 Å².